The van der Waals surface area contributed by atoms with Crippen molar-refractivity contribution in [3.05, 3.63) is 43.0 Å². The highest BCUT2D eigenvalue weighted by Gasteiger charge is 2.18. The van der Waals surface area contributed by atoms with Crippen molar-refractivity contribution < 1.29 is 4.74 Å². The van der Waals surface area contributed by atoms with E-state index in [4.69, 9.17) is 14.8 Å². The number of hydrogen-bond donors (Lipinski definition) is 2. The van der Waals surface area contributed by atoms with Gasteiger partial charge in [-0.15, -0.1) is 0 Å². The van der Waals surface area contributed by atoms with Crippen LogP contribution >= 0.6 is 0 Å². The van der Waals surface area contributed by atoms with Gasteiger partial charge in [0, 0.05) is 66.4 Å². The van der Waals surface area contributed by atoms with Gasteiger partial charge in [-0.3, -0.25) is 4.68 Å². The summed E-state index contributed by atoms with van der Waals surface area (Å²) in [4.78, 5) is 16.8. The number of nitrogens with one attached hydrogen (secondary N) is 2. The molecule has 8 heteroatoms. The van der Waals surface area contributed by atoms with E-state index in [9.17, 15) is 0 Å². The van der Waals surface area contributed by atoms with Crippen LogP contribution in [-0.4, -0.2) is 49.5 Å². The number of H-pyrrole nitrogens is 1. The molecule has 1 fully saturated rings. The molecular formula is C22H25N7O. The summed E-state index contributed by atoms with van der Waals surface area (Å²) in [6.45, 7) is 6.68. The van der Waals surface area contributed by atoms with Crippen molar-refractivity contribution in [1.82, 2.24) is 29.7 Å². The number of nitrogens with zero attached hydrogens (tertiary/aromatic N) is 5. The second kappa shape index (κ2) is 7.87. The number of fused-ring (bicyclic) bond motifs is 1. The summed E-state index contributed by atoms with van der Waals surface area (Å²) in [6, 6.07) is 6.29. The first kappa shape index (κ1) is 18.7. The van der Waals surface area contributed by atoms with Gasteiger partial charge in [-0.25, -0.2) is 15.0 Å². The zero-order chi connectivity index (χ0) is 20.5. The third-order valence-corrected chi connectivity index (χ3v) is 5.44. The first-order valence-electron chi connectivity index (χ1n) is 10.3. The monoisotopic (exact) mass is 403 g/mol. The first-order valence-corrected chi connectivity index (χ1v) is 10.3. The Morgan fingerprint density at radius 1 is 1.30 bits per heavy atom. The van der Waals surface area contributed by atoms with Gasteiger partial charge in [0.15, 0.2) is 0 Å². The Hall–Kier alpha value is -3.26. The fourth-order valence-corrected chi connectivity index (χ4v) is 3.70. The maximum Gasteiger partial charge on any atom is 0.223 e. The van der Waals surface area contributed by atoms with Crippen LogP contribution in [0.3, 0.4) is 0 Å². The number of ether oxygens (including phenoxy) is 1. The van der Waals surface area contributed by atoms with Crippen molar-refractivity contribution in [2.45, 2.75) is 26.3 Å². The number of anilines is 1. The average Bonchev–Trinajstić information content (AvgIpc) is 3.52. The minimum Gasteiger partial charge on any atom is -0.381 e. The highest BCUT2D eigenvalue weighted by Crippen LogP contribution is 2.32. The third-order valence-electron chi connectivity index (χ3n) is 5.44. The van der Waals surface area contributed by atoms with Crippen LogP contribution in [0.1, 0.15) is 26.3 Å². The second-order valence-corrected chi connectivity index (χ2v) is 7.98. The molecule has 0 radical (unpaired) electrons. The zero-order valence-electron chi connectivity index (χ0n) is 17.2. The molecule has 1 unspecified atom stereocenters. The number of rotatable bonds is 6. The molecule has 154 valence electrons. The molecule has 2 N–H and O–H groups in total. The first-order chi connectivity index (χ1) is 14.7. The quantitative estimate of drug-likeness (QED) is 0.507. The van der Waals surface area contributed by atoms with Crippen LogP contribution in [0.25, 0.3) is 33.5 Å². The molecule has 1 saturated heterocycles. The fourth-order valence-electron chi connectivity index (χ4n) is 3.70. The van der Waals surface area contributed by atoms with E-state index < -0.39 is 0 Å². The lowest BCUT2D eigenvalue weighted by Gasteiger charge is -2.10. The van der Waals surface area contributed by atoms with E-state index in [2.05, 4.69) is 46.4 Å². The third kappa shape index (κ3) is 3.66. The highest BCUT2D eigenvalue weighted by molar-refractivity contribution is 5.85. The minimum absolute atomic E-state index is 0.239. The number of pyridine rings is 1. The van der Waals surface area contributed by atoms with Crippen LogP contribution in [0.4, 0.5) is 5.95 Å². The number of aromatic nitrogens is 6. The molecule has 30 heavy (non-hydrogen) atoms. The van der Waals surface area contributed by atoms with Crippen molar-refractivity contribution in [1.29, 1.82) is 0 Å². The van der Waals surface area contributed by atoms with Gasteiger partial charge >= 0.3 is 0 Å². The summed E-state index contributed by atoms with van der Waals surface area (Å²) < 4.78 is 7.42. The Morgan fingerprint density at radius 3 is 3.07 bits per heavy atom. The predicted octanol–water partition coefficient (Wildman–Crippen LogP) is 3.91. The van der Waals surface area contributed by atoms with Gasteiger partial charge in [0.05, 0.1) is 12.3 Å². The SMILES string of the molecule is CC(C)n1cc(-c2ccnc(NCC3CCOC3)n2)c(-c2cnc3[nH]ccc3c2)n1. The number of aromatic amines is 1. The van der Waals surface area contributed by atoms with Crippen LogP contribution in [-0.2, 0) is 4.74 Å². The van der Waals surface area contributed by atoms with Crippen molar-refractivity contribution in [3.63, 3.8) is 0 Å². The van der Waals surface area contributed by atoms with Gasteiger partial charge < -0.3 is 15.0 Å². The molecule has 4 aromatic rings. The molecule has 5 rings (SSSR count). The molecule has 0 aromatic carbocycles. The number of hydrogen-bond acceptors (Lipinski definition) is 6. The van der Waals surface area contributed by atoms with Crippen LogP contribution in [0.2, 0.25) is 0 Å². The molecule has 8 nitrogen and oxygen atoms in total. The average molecular weight is 403 g/mol. The fraction of sp³-hybridized carbons (Fsp3) is 0.364. The van der Waals surface area contributed by atoms with E-state index in [0.29, 0.717) is 11.9 Å². The Balaban J connectivity index is 1.50. The molecule has 0 amide bonds. The van der Waals surface area contributed by atoms with Crippen LogP contribution in [0, 0.1) is 5.92 Å². The summed E-state index contributed by atoms with van der Waals surface area (Å²) in [5, 5.41) is 9.27. The Morgan fingerprint density at radius 2 is 2.23 bits per heavy atom. The van der Waals surface area contributed by atoms with E-state index in [1.54, 1.807) is 6.20 Å². The summed E-state index contributed by atoms with van der Waals surface area (Å²) in [5.74, 6) is 1.14. The van der Waals surface area contributed by atoms with E-state index in [1.165, 1.54) is 0 Å². The van der Waals surface area contributed by atoms with E-state index in [1.807, 2.05) is 29.2 Å². The van der Waals surface area contributed by atoms with E-state index in [0.717, 1.165) is 59.7 Å². The lowest BCUT2D eigenvalue weighted by molar-refractivity contribution is 0.187. The van der Waals surface area contributed by atoms with Gasteiger partial charge in [-0.1, -0.05) is 0 Å². The van der Waals surface area contributed by atoms with Gasteiger partial charge in [0.1, 0.15) is 11.3 Å². The van der Waals surface area contributed by atoms with Gasteiger partial charge in [-0.05, 0) is 38.5 Å². The highest BCUT2D eigenvalue weighted by atomic mass is 16.5. The molecule has 0 aliphatic carbocycles. The summed E-state index contributed by atoms with van der Waals surface area (Å²) >= 11 is 0. The van der Waals surface area contributed by atoms with Gasteiger partial charge in [0.2, 0.25) is 5.95 Å². The topological polar surface area (TPSA) is 93.5 Å². The molecule has 0 bridgehead atoms. The van der Waals surface area contributed by atoms with E-state index in [-0.39, 0.29) is 6.04 Å². The van der Waals surface area contributed by atoms with Crippen LogP contribution in [0.15, 0.2) is 43.0 Å². The summed E-state index contributed by atoms with van der Waals surface area (Å²) in [7, 11) is 0. The largest absolute Gasteiger partial charge is 0.381 e. The van der Waals surface area contributed by atoms with Crippen molar-refractivity contribution in [3.8, 4) is 22.5 Å². The molecule has 5 heterocycles. The Bertz CT molecular complexity index is 1160. The van der Waals surface area contributed by atoms with Crippen molar-refractivity contribution in [2.75, 3.05) is 25.1 Å². The normalized spacial score (nSPS) is 16.6. The molecule has 1 atom stereocenters. The minimum atomic E-state index is 0.239. The maximum atomic E-state index is 5.45. The Kier molecular flexibility index (Phi) is 4.92. The Labute approximate surface area is 174 Å². The van der Waals surface area contributed by atoms with Crippen molar-refractivity contribution in [2.24, 2.45) is 5.92 Å². The van der Waals surface area contributed by atoms with Crippen LogP contribution < -0.4 is 5.32 Å². The lowest BCUT2D eigenvalue weighted by Crippen LogP contribution is -2.15. The molecule has 1 aliphatic rings. The molecule has 0 saturated carbocycles. The molecule has 0 spiro atoms. The van der Waals surface area contributed by atoms with Gasteiger partial charge in [0.25, 0.3) is 0 Å². The van der Waals surface area contributed by atoms with Crippen molar-refractivity contribution >= 4 is 17.0 Å². The molecular weight excluding hydrogens is 378 g/mol. The zero-order valence-corrected chi connectivity index (χ0v) is 17.2. The molecule has 1 aliphatic heterocycles. The predicted molar refractivity (Wildman–Crippen MR) is 116 cm³/mol. The van der Waals surface area contributed by atoms with Gasteiger partial charge in [-0.2, -0.15) is 5.10 Å². The standard InChI is InChI=1S/C22H25N7O/c1-14(2)29-12-18(20(28-29)17-9-16-3-6-23-21(16)25-11-17)19-4-7-24-22(27-19)26-10-15-5-8-30-13-15/h3-4,6-7,9,11-12,14-15H,5,8,10,13H2,1-2H3,(H,23,25)(H,24,26,27). The molecule has 4 aromatic heterocycles. The van der Waals surface area contributed by atoms with E-state index >= 15 is 0 Å². The smallest absolute Gasteiger partial charge is 0.223 e. The maximum absolute atomic E-state index is 5.45. The lowest BCUT2D eigenvalue weighted by atomic mass is 10.1. The second-order valence-electron chi connectivity index (χ2n) is 7.98. The summed E-state index contributed by atoms with van der Waals surface area (Å²) in [6.07, 6.45) is 8.67. The van der Waals surface area contributed by atoms with Crippen LogP contribution in [0.5, 0.6) is 0 Å². The summed E-state index contributed by atoms with van der Waals surface area (Å²) in [5.41, 5.74) is 4.51.